The molecule has 0 bridgehead atoms. The number of guanidine groups is 1. The minimum absolute atomic E-state index is 0.0151. The molecule has 1 saturated heterocycles. The quantitative estimate of drug-likeness (QED) is 0.492. The fraction of sp³-hybridized carbons (Fsp3) is 0.625. The summed E-state index contributed by atoms with van der Waals surface area (Å²) in [5, 5.41) is 6.86. The number of nitrogens with one attached hydrogen (secondary N) is 2. The highest BCUT2D eigenvalue weighted by molar-refractivity contribution is 5.94. The average molecular weight is 430 g/mol. The number of benzene rings is 1. The number of hydrogen-bond acceptors (Lipinski definition) is 3. The summed E-state index contributed by atoms with van der Waals surface area (Å²) in [4.78, 5) is 32.7. The van der Waals surface area contributed by atoms with Crippen LogP contribution in [0.25, 0.3) is 0 Å². The Morgan fingerprint density at radius 1 is 1.19 bits per heavy atom. The Labute approximate surface area is 187 Å². The number of carbonyl (C=O) groups excluding carboxylic acids is 2. The molecule has 0 radical (unpaired) electrons. The van der Waals surface area contributed by atoms with Crippen molar-refractivity contribution in [3.05, 3.63) is 35.4 Å². The predicted molar refractivity (Wildman–Crippen MR) is 126 cm³/mol. The van der Waals surface area contributed by atoms with Crippen molar-refractivity contribution in [2.24, 2.45) is 10.9 Å². The smallest absolute Gasteiger partial charge is 0.253 e. The van der Waals surface area contributed by atoms with E-state index in [0.29, 0.717) is 17.5 Å². The number of rotatable bonds is 8. The van der Waals surface area contributed by atoms with E-state index in [1.54, 1.807) is 26.0 Å². The Morgan fingerprint density at radius 2 is 1.87 bits per heavy atom. The third-order valence-corrected chi connectivity index (χ3v) is 5.99. The summed E-state index contributed by atoms with van der Waals surface area (Å²) in [7, 11) is 5.30. The molecule has 1 aromatic rings. The summed E-state index contributed by atoms with van der Waals surface area (Å²) >= 11 is 0. The summed E-state index contributed by atoms with van der Waals surface area (Å²) in [6.07, 6.45) is 4.49. The molecule has 7 heteroatoms. The van der Waals surface area contributed by atoms with E-state index < -0.39 is 0 Å². The first-order valence-corrected chi connectivity index (χ1v) is 11.5. The molecule has 1 aromatic carbocycles. The molecule has 1 aliphatic rings. The maximum Gasteiger partial charge on any atom is 0.253 e. The minimum atomic E-state index is 0.0151. The normalized spacial score (nSPS) is 15.2. The molecule has 0 unspecified atom stereocenters. The standard InChI is InChI=1S/C24H39N5O2/c1-6-19(7-2)23(31)29-15-12-21(13-16-29)27-24(25-3)26-14-11-18-9-8-10-20(17-18)22(30)28(4)5/h8-10,17,19,21H,6-7,11-16H2,1-5H3,(H2,25,26,27). The largest absolute Gasteiger partial charge is 0.356 e. The number of nitrogens with zero attached hydrogens (tertiary/aromatic N) is 3. The first kappa shape index (κ1) is 24.7. The molecule has 172 valence electrons. The molecule has 1 aliphatic heterocycles. The maximum atomic E-state index is 12.6. The van der Waals surface area contributed by atoms with E-state index >= 15 is 0 Å². The van der Waals surface area contributed by atoms with Crippen molar-refractivity contribution in [1.82, 2.24) is 20.4 Å². The lowest BCUT2D eigenvalue weighted by Gasteiger charge is -2.34. The number of aliphatic imine (C=N–C) groups is 1. The van der Waals surface area contributed by atoms with Gasteiger partial charge in [0.2, 0.25) is 5.91 Å². The van der Waals surface area contributed by atoms with Crippen LogP contribution in [0.15, 0.2) is 29.3 Å². The van der Waals surface area contributed by atoms with Gasteiger partial charge in [0.25, 0.3) is 5.91 Å². The highest BCUT2D eigenvalue weighted by Gasteiger charge is 2.26. The van der Waals surface area contributed by atoms with Crippen molar-refractivity contribution < 1.29 is 9.59 Å². The topological polar surface area (TPSA) is 77.0 Å². The van der Waals surface area contributed by atoms with Gasteiger partial charge >= 0.3 is 0 Å². The fourth-order valence-corrected chi connectivity index (χ4v) is 3.97. The molecule has 0 spiro atoms. The first-order valence-electron chi connectivity index (χ1n) is 11.5. The minimum Gasteiger partial charge on any atom is -0.356 e. The molecule has 2 amide bonds. The first-order chi connectivity index (χ1) is 14.9. The SMILES string of the molecule is CCC(CC)C(=O)N1CCC(NC(=NC)NCCc2cccc(C(=O)N(C)C)c2)CC1. The molecule has 31 heavy (non-hydrogen) atoms. The van der Waals surface area contributed by atoms with Crippen molar-refractivity contribution in [1.29, 1.82) is 0 Å². The average Bonchev–Trinajstić information content (AvgIpc) is 2.79. The van der Waals surface area contributed by atoms with Gasteiger partial charge in [-0.05, 0) is 49.8 Å². The lowest BCUT2D eigenvalue weighted by molar-refractivity contribution is -0.136. The van der Waals surface area contributed by atoms with Crippen molar-refractivity contribution in [2.75, 3.05) is 40.8 Å². The van der Waals surface area contributed by atoms with E-state index in [-0.39, 0.29) is 11.8 Å². The van der Waals surface area contributed by atoms with E-state index in [1.165, 1.54) is 0 Å². The predicted octanol–water partition coefficient (Wildman–Crippen LogP) is 2.52. The molecule has 0 aromatic heterocycles. The molecule has 1 heterocycles. The summed E-state index contributed by atoms with van der Waals surface area (Å²) in [6.45, 7) is 6.51. The Kier molecular flexibility index (Phi) is 9.82. The van der Waals surface area contributed by atoms with Gasteiger partial charge in [0.05, 0.1) is 0 Å². The third-order valence-electron chi connectivity index (χ3n) is 5.99. The molecule has 2 rings (SSSR count). The van der Waals surface area contributed by atoms with Crippen LogP contribution in [0, 0.1) is 5.92 Å². The number of hydrogen-bond donors (Lipinski definition) is 2. The maximum absolute atomic E-state index is 12.6. The Morgan fingerprint density at radius 3 is 2.45 bits per heavy atom. The van der Waals surface area contributed by atoms with Crippen molar-refractivity contribution in [2.45, 2.75) is 52.0 Å². The van der Waals surface area contributed by atoms with Crippen molar-refractivity contribution >= 4 is 17.8 Å². The molecular weight excluding hydrogens is 390 g/mol. The number of carbonyl (C=O) groups is 2. The third kappa shape index (κ3) is 7.26. The van der Waals surface area contributed by atoms with E-state index in [9.17, 15) is 9.59 Å². The zero-order valence-electron chi connectivity index (χ0n) is 19.8. The molecular formula is C24H39N5O2. The zero-order chi connectivity index (χ0) is 22.8. The van der Waals surface area contributed by atoms with Gasteiger partial charge in [0.1, 0.15) is 0 Å². The van der Waals surface area contributed by atoms with Gasteiger partial charge in [-0.2, -0.15) is 0 Å². The highest BCUT2D eigenvalue weighted by atomic mass is 16.2. The second-order valence-electron chi connectivity index (χ2n) is 8.41. The second-order valence-corrected chi connectivity index (χ2v) is 8.41. The number of amides is 2. The second kappa shape index (κ2) is 12.3. The monoisotopic (exact) mass is 429 g/mol. The summed E-state index contributed by atoms with van der Waals surface area (Å²) < 4.78 is 0. The van der Waals surface area contributed by atoms with Gasteiger partial charge in [0, 0.05) is 58.3 Å². The molecule has 0 aliphatic carbocycles. The van der Waals surface area contributed by atoms with E-state index in [1.807, 2.05) is 29.2 Å². The van der Waals surface area contributed by atoms with E-state index in [0.717, 1.165) is 63.3 Å². The van der Waals surface area contributed by atoms with Crippen LogP contribution in [0.2, 0.25) is 0 Å². The summed E-state index contributed by atoms with van der Waals surface area (Å²) in [5.41, 5.74) is 1.82. The van der Waals surface area contributed by atoms with Crippen LogP contribution in [0.4, 0.5) is 0 Å². The number of piperidine rings is 1. The molecule has 7 nitrogen and oxygen atoms in total. The zero-order valence-corrected chi connectivity index (χ0v) is 19.8. The highest BCUT2D eigenvalue weighted by Crippen LogP contribution is 2.17. The lowest BCUT2D eigenvalue weighted by Crippen LogP contribution is -2.50. The summed E-state index contributed by atoms with van der Waals surface area (Å²) in [6, 6.07) is 8.08. The molecule has 2 N–H and O–H groups in total. The molecule has 1 fully saturated rings. The van der Waals surface area contributed by atoms with E-state index in [4.69, 9.17) is 0 Å². The van der Waals surface area contributed by atoms with Gasteiger partial charge in [0.15, 0.2) is 5.96 Å². The Bertz CT molecular complexity index is 750. The van der Waals surface area contributed by atoms with Gasteiger partial charge in [-0.1, -0.05) is 26.0 Å². The van der Waals surface area contributed by atoms with Gasteiger partial charge in [-0.25, -0.2) is 0 Å². The van der Waals surface area contributed by atoms with Crippen LogP contribution in [0.3, 0.4) is 0 Å². The van der Waals surface area contributed by atoms with Crippen LogP contribution in [-0.2, 0) is 11.2 Å². The summed E-state index contributed by atoms with van der Waals surface area (Å²) in [5.74, 6) is 1.26. The van der Waals surface area contributed by atoms with Gasteiger partial charge in [-0.3, -0.25) is 14.6 Å². The number of likely N-dealkylation sites (tertiary alicyclic amines) is 1. The lowest BCUT2D eigenvalue weighted by atomic mass is 9.98. The van der Waals surface area contributed by atoms with Crippen molar-refractivity contribution in [3.63, 3.8) is 0 Å². The van der Waals surface area contributed by atoms with Crippen LogP contribution in [0.1, 0.15) is 55.5 Å². The Balaban J connectivity index is 1.78. The van der Waals surface area contributed by atoms with Gasteiger partial charge < -0.3 is 20.4 Å². The van der Waals surface area contributed by atoms with Crippen LogP contribution < -0.4 is 10.6 Å². The Hall–Kier alpha value is -2.57. The fourth-order valence-electron chi connectivity index (χ4n) is 3.97. The van der Waals surface area contributed by atoms with E-state index in [2.05, 4.69) is 29.5 Å². The molecule has 0 saturated carbocycles. The molecule has 0 atom stereocenters. The van der Waals surface area contributed by atoms with Crippen molar-refractivity contribution in [3.8, 4) is 0 Å². The van der Waals surface area contributed by atoms with Gasteiger partial charge in [-0.15, -0.1) is 0 Å². The van der Waals surface area contributed by atoms with Crippen LogP contribution in [-0.4, -0.2) is 74.4 Å². The van der Waals surface area contributed by atoms with Crippen LogP contribution >= 0.6 is 0 Å². The van der Waals surface area contributed by atoms with Crippen LogP contribution in [0.5, 0.6) is 0 Å².